The van der Waals surface area contributed by atoms with Crippen molar-refractivity contribution in [1.29, 1.82) is 0 Å². The first kappa shape index (κ1) is 13.6. The van der Waals surface area contributed by atoms with E-state index in [1.54, 1.807) is 0 Å². The Kier molecular flexibility index (Phi) is 5.21. The Balaban J connectivity index is 1.87. The average Bonchev–Trinajstić information content (AvgIpc) is 2.42. The molecule has 100 valence electrons. The van der Waals surface area contributed by atoms with E-state index >= 15 is 0 Å². The summed E-state index contributed by atoms with van der Waals surface area (Å²) >= 11 is 0. The summed E-state index contributed by atoms with van der Waals surface area (Å²) in [5.41, 5.74) is 1.31. The minimum atomic E-state index is 0.306. The van der Waals surface area contributed by atoms with Crippen LogP contribution < -0.4 is 5.32 Å². The number of rotatable bonds is 5. The minimum Gasteiger partial charge on any atom is -0.376 e. The van der Waals surface area contributed by atoms with Gasteiger partial charge in [0.05, 0.1) is 18.8 Å². The number of ether oxygens (including phenoxy) is 1. The highest BCUT2D eigenvalue weighted by Gasteiger charge is 2.23. The second-order valence-corrected chi connectivity index (χ2v) is 5.39. The fraction of sp³-hybridized carbons (Fsp3) is 0.625. The van der Waals surface area contributed by atoms with Crippen LogP contribution >= 0.6 is 0 Å². The van der Waals surface area contributed by atoms with E-state index in [-0.39, 0.29) is 0 Å². The van der Waals surface area contributed by atoms with Crippen molar-refractivity contribution in [3.8, 4) is 0 Å². The lowest BCUT2D eigenvalue weighted by Crippen LogP contribution is -2.30. The van der Waals surface area contributed by atoms with Crippen molar-refractivity contribution in [3.05, 3.63) is 35.9 Å². The zero-order chi connectivity index (χ0) is 12.8. The van der Waals surface area contributed by atoms with Crippen LogP contribution in [0.1, 0.15) is 44.2 Å². The van der Waals surface area contributed by atoms with Gasteiger partial charge in [0, 0.05) is 0 Å². The molecule has 1 N–H and O–H groups in total. The molecule has 0 bridgehead atoms. The van der Waals surface area contributed by atoms with Crippen molar-refractivity contribution in [3.63, 3.8) is 0 Å². The van der Waals surface area contributed by atoms with Gasteiger partial charge < -0.3 is 10.1 Å². The largest absolute Gasteiger partial charge is 0.376 e. The smallest absolute Gasteiger partial charge is 0.0665 e. The van der Waals surface area contributed by atoms with Gasteiger partial charge in [-0.15, -0.1) is 0 Å². The van der Waals surface area contributed by atoms with Crippen molar-refractivity contribution in [2.45, 2.75) is 44.8 Å². The van der Waals surface area contributed by atoms with Crippen molar-refractivity contribution in [2.24, 2.45) is 5.92 Å². The Hall–Kier alpha value is -0.860. The topological polar surface area (TPSA) is 21.3 Å². The molecular weight excluding hydrogens is 222 g/mol. The molecule has 2 heteroatoms. The molecule has 2 rings (SSSR count). The Morgan fingerprint density at radius 1 is 1.22 bits per heavy atom. The van der Waals surface area contributed by atoms with Gasteiger partial charge in [0.2, 0.25) is 0 Å². The van der Waals surface area contributed by atoms with E-state index in [0.717, 1.165) is 6.61 Å². The summed E-state index contributed by atoms with van der Waals surface area (Å²) in [5.74, 6) is 0.715. The molecule has 1 aromatic rings. The number of benzene rings is 1. The number of hydrogen-bond acceptors (Lipinski definition) is 2. The highest BCUT2D eigenvalue weighted by Crippen LogP contribution is 2.27. The first-order valence-corrected chi connectivity index (χ1v) is 7.15. The molecule has 0 amide bonds. The van der Waals surface area contributed by atoms with E-state index in [1.165, 1.54) is 31.2 Å². The predicted octanol–water partition coefficient (Wildman–Crippen LogP) is 3.54. The van der Waals surface area contributed by atoms with Crippen LogP contribution in [0, 0.1) is 5.92 Å². The molecule has 1 aliphatic rings. The predicted molar refractivity (Wildman–Crippen MR) is 75.6 cm³/mol. The summed E-state index contributed by atoms with van der Waals surface area (Å²) in [4.78, 5) is 0. The van der Waals surface area contributed by atoms with Gasteiger partial charge in [-0.2, -0.15) is 0 Å². The van der Waals surface area contributed by atoms with Gasteiger partial charge in [0.25, 0.3) is 0 Å². The van der Waals surface area contributed by atoms with Crippen molar-refractivity contribution in [1.82, 2.24) is 5.32 Å². The summed E-state index contributed by atoms with van der Waals surface area (Å²) in [6.07, 6.45) is 5.70. The third kappa shape index (κ3) is 3.56. The van der Waals surface area contributed by atoms with Crippen LogP contribution in [0.25, 0.3) is 0 Å². The fourth-order valence-corrected chi connectivity index (χ4v) is 2.78. The monoisotopic (exact) mass is 247 g/mol. The van der Waals surface area contributed by atoms with Gasteiger partial charge in [-0.05, 0) is 31.4 Å². The van der Waals surface area contributed by atoms with Gasteiger partial charge in [-0.1, -0.05) is 50.1 Å². The molecule has 3 atom stereocenters. The normalized spacial score (nSPS) is 25.9. The van der Waals surface area contributed by atoms with Crippen molar-refractivity contribution >= 4 is 0 Å². The van der Waals surface area contributed by atoms with Gasteiger partial charge >= 0.3 is 0 Å². The molecule has 0 radical (unpaired) electrons. The van der Waals surface area contributed by atoms with Crippen LogP contribution in [0.4, 0.5) is 0 Å². The van der Waals surface area contributed by atoms with E-state index in [2.05, 4.69) is 42.6 Å². The maximum atomic E-state index is 6.14. The standard InChI is InChI=1S/C16H25NO/c1-13-8-6-7-11-16(13)18-12-15(17-2)14-9-4-3-5-10-14/h3-5,9-10,13,15-17H,6-8,11-12H2,1-2H3. The van der Waals surface area contributed by atoms with Crippen LogP contribution in [-0.2, 0) is 4.74 Å². The zero-order valence-corrected chi connectivity index (χ0v) is 11.6. The molecule has 0 spiro atoms. The average molecular weight is 247 g/mol. The molecular formula is C16H25NO. The summed E-state index contributed by atoms with van der Waals surface area (Å²) in [5, 5.41) is 3.35. The molecule has 0 aliphatic heterocycles. The van der Waals surface area contributed by atoms with E-state index in [9.17, 15) is 0 Å². The van der Waals surface area contributed by atoms with Crippen LogP contribution in [-0.4, -0.2) is 19.8 Å². The molecule has 0 aromatic heterocycles. The third-order valence-electron chi connectivity index (χ3n) is 4.06. The lowest BCUT2D eigenvalue weighted by atomic mass is 9.88. The van der Waals surface area contributed by atoms with Crippen molar-refractivity contribution in [2.75, 3.05) is 13.7 Å². The third-order valence-corrected chi connectivity index (χ3v) is 4.06. The van der Waals surface area contributed by atoms with E-state index < -0.39 is 0 Å². The number of likely N-dealkylation sites (N-methyl/N-ethyl adjacent to an activating group) is 1. The molecule has 0 heterocycles. The Morgan fingerprint density at radius 2 is 1.94 bits per heavy atom. The summed E-state index contributed by atoms with van der Waals surface area (Å²) in [7, 11) is 2.01. The molecule has 1 saturated carbocycles. The van der Waals surface area contributed by atoms with Crippen LogP contribution in [0.2, 0.25) is 0 Å². The van der Waals surface area contributed by atoms with E-state index in [1.807, 2.05) is 7.05 Å². The zero-order valence-electron chi connectivity index (χ0n) is 11.6. The number of hydrogen-bond donors (Lipinski definition) is 1. The lowest BCUT2D eigenvalue weighted by Gasteiger charge is -2.30. The van der Waals surface area contributed by atoms with Gasteiger partial charge in [0.15, 0.2) is 0 Å². The highest BCUT2D eigenvalue weighted by molar-refractivity contribution is 5.18. The molecule has 0 saturated heterocycles. The first-order valence-electron chi connectivity index (χ1n) is 7.15. The maximum Gasteiger partial charge on any atom is 0.0665 e. The maximum absolute atomic E-state index is 6.14. The lowest BCUT2D eigenvalue weighted by molar-refractivity contribution is -0.0145. The van der Waals surface area contributed by atoms with Gasteiger partial charge in [-0.3, -0.25) is 0 Å². The van der Waals surface area contributed by atoms with E-state index in [4.69, 9.17) is 4.74 Å². The SMILES string of the molecule is CNC(COC1CCCCC1C)c1ccccc1. The van der Waals surface area contributed by atoms with Crippen LogP contribution in [0.5, 0.6) is 0 Å². The second-order valence-electron chi connectivity index (χ2n) is 5.39. The Labute approximate surface area is 111 Å². The Morgan fingerprint density at radius 3 is 2.61 bits per heavy atom. The first-order chi connectivity index (χ1) is 8.81. The molecule has 2 nitrogen and oxygen atoms in total. The van der Waals surface area contributed by atoms with Gasteiger partial charge in [-0.25, -0.2) is 0 Å². The fourth-order valence-electron chi connectivity index (χ4n) is 2.78. The van der Waals surface area contributed by atoms with Crippen LogP contribution in [0.15, 0.2) is 30.3 Å². The quantitative estimate of drug-likeness (QED) is 0.859. The second kappa shape index (κ2) is 6.91. The van der Waals surface area contributed by atoms with Gasteiger partial charge in [0.1, 0.15) is 0 Å². The van der Waals surface area contributed by atoms with E-state index in [0.29, 0.717) is 18.1 Å². The van der Waals surface area contributed by atoms with Crippen LogP contribution in [0.3, 0.4) is 0 Å². The summed E-state index contributed by atoms with van der Waals surface area (Å²) in [6, 6.07) is 10.9. The Bertz CT molecular complexity index is 338. The molecule has 18 heavy (non-hydrogen) atoms. The minimum absolute atomic E-state index is 0.306. The highest BCUT2D eigenvalue weighted by atomic mass is 16.5. The van der Waals surface area contributed by atoms with Crippen molar-refractivity contribution < 1.29 is 4.74 Å². The summed E-state index contributed by atoms with van der Waals surface area (Å²) in [6.45, 7) is 3.09. The molecule has 1 aromatic carbocycles. The molecule has 1 aliphatic carbocycles. The number of nitrogens with one attached hydrogen (secondary N) is 1. The molecule has 3 unspecified atom stereocenters. The molecule has 1 fully saturated rings. The summed E-state index contributed by atoms with van der Waals surface area (Å²) < 4.78 is 6.14.